The Labute approximate surface area is 94.6 Å². The summed E-state index contributed by atoms with van der Waals surface area (Å²) in [7, 11) is 0. The topological polar surface area (TPSA) is 67.0 Å². The maximum absolute atomic E-state index is 11.1. The lowest BCUT2D eigenvalue weighted by molar-refractivity contribution is 0.149. The van der Waals surface area contributed by atoms with Gasteiger partial charge in [-0.25, -0.2) is 4.98 Å². The van der Waals surface area contributed by atoms with Gasteiger partial charge in [0.05, 0.1) is 13.2 Å². The summed E-state index contributed by atoms with van der Waals surface area (Å²) in [6.45, 7) is 7.24. The number of hydrogen-bond donors (Lipinski definition) is 2. The van der Waals surface area contributed by atoms with E-state index in [1.165, 1.54) is 6.07 Å². The maximum Gasteiger partial charge on any atom is 0.252 e. The zero-order chi connectivity index (χ0) is 11.8. The first-order valence-corrected chi connectivity index (χ1v) is 5.23. The molecule has 5 heteroatoms. The Morgan fingerprint density at radius 3 is 3.12 bits per heavy atom. The molecule has 0 saturated carbocycles. The fourth-order valence-corrected chi connectivity index (χ4v) is 1.19. The Balaban J connectivity index is 2.26. The molecule has 0 spiro atoms. The van der Waals surface area contributed by atoms with Crippen LogP contribution in [0.15, 0.2) is 23.5 Å². The highest BCUT2D eigenvalue weighted by atomic mass is 16.5. The molecule has 1 rings (SSSR count). The molecule has 88 valence electrons. The lowest BCUT2D eigenvalue weighted by Gasteiger charge is -2.06. The molecule has 0 aliphatic rings. The van der Waals surface area contributed by atoms with Crippen LogP contribution in [0.1, 0.15) is 12.2 Å². The normalized spacial score (nSPS) is 10.1. The number of anilines is 1. The third kappa shape index (κ3) is 4.75. The van der Waals surface area contributed by atoms with E-state index < -0.39 is 0 Å². The Morgan fingerprint density at radius 1 is 1.62 bits per heavy atom. The van der Waals surface area contributed by atoms with E-state index in [0.29, 0.717) is 31.4 Å². The molecule has 1 aromatic heterocycles. The van der Waals surface area contributed by atoms with Gasteiger partial charge in [-0.1, -0.05) is 6.08 Å². The average Bonchev–Trinajstić information content (AvgIpc) is 2.22. The molecule has 0 bridgehead atoms. The molecule has 0 aromatic carbocycles. The van der Waals surface area contributed by atoms with Crippen LogP contribution in [-0.4, -0.2) is 29.7 Å². The van der Waals surface area contributed by atoms with E-state index >= 15 is 0 Å². The van der Waals surface area contributed by atoms with Crippen LogP contribution in [0.3, 0.4) is 0 Å². The van der Waals surface area contributed by atoms with Crippen molar-refractivity contribution in [2.45, 2.75) is 13.3 Å². The number of aromatic amines is 1. The smallest absolute Gasteiger partial charge is 0.252 e. The molecule has 0 fully saturated rings. The number of hydrogen-bond acceptors (Lipinski definition) is 4. The van der Waals surface area contributed by atoms with Gasteiger partial charge in [-0.05, 0) is 13.3 Å². The average molecular weight is 223 g/mol. The van der Waals surface area contributed by atoms with Crippen LogP contribution < -0.4 is 10.9 Å². The van der Waals surface area contributed by atoms with Crippen LogP contribution in [0.4, 0.5) is 5.82 Å². The minimum absolute atomic E-state index is 0.150. The standard InChI is InChI=1S/C11H17N3O2/c1-3-4-6-16-7-5-12-10-8-11(15)14-9(2)13-10/h3,8H,1,4-7H2,2H3,(H2,12,13,14,15). The Kier molecular flexibility index (Phi) is 5.28. The largest absolute Gasteiger partial charge is 0.379 e. The first-order chi connectivity index (χ1) is 7.72. The molecule has 5 nitrogen and oxygen atoms in total. The van der Waals surface area contributed by atoms with Gasteiger partial charge in [-0.3, -0.25) is 4.79 Å². The first-order valence-electron chi connectivity index (χ1n) is 5.23. The lowest BCUT2D eigenvalue weighted by atomic mass is 10.4. The molecule has 0 aliphatic heterocycles. The zero-order valence-electron chi connectivity index (χ0n) is 9.45. The van der Waals surface area contributed by atoms with Gasteiger partial charge >= 0.3 is 0 Å². The Morgan fingerprint density at radius 2 is 2.44 bits per heavy atom. The van der Waals surface area contributed by atoms with Gasteiger partial charge in [0, 0.05) is 12.6 Å². The van der Waals surface area contributed by atoms with Crippen molar-refractivity contribution in [3.63, 3.8) is 0 Å². The molecule has 0 amide bonds. The molecule has 0 saturated heterocycles. The second-order valence-corrected chi connectivity index (χ2v) is 3.33. The summed E-state index contributed by atoms with van der Waals surface area (Å²) in [5, 5.41) is 3.02. The van der Waals surface area contributed by atoms with Gasteiger partial charge in [0.25, 0.3) is 5.56 Å². The number of nitrogens with one attached hydrogen (secondary N) is 2. The van der Waals surface area contributed by atoms with Crippen molar-refractivity contribution in [2.24, 2.45) is 0 Å². The Bertz CT molecular complexity index is 387. The maximum atomic E-state index is 11.1. The summed E-state index contributed by atoms with van der Waals surface area (Å²) in [5.41, 5.74) is -0.150. The third-order valence-electron chi connectivity index (χ3n) is 1.88. The number of H-pyrrole nitrogens is 1. The molecule has 1 heterocycles. The summed E-state index contributed by atoms with van der Waals surface area (Å²) in [4.78, 5) is 17.8. The van der Waals surface area contributed by atoms with E-state index in [0.717, 1.165) is 6.42 Å². The van der Waals surface area contributed by atoms with Crippen molar-refractivity contribution in [3.05, 3.63) is 34.9 Å². The molecule has 0 radical (unpaired) electrons. The summed E-state index contributed by atoms with van der Waals surface area (Å²) >= 11 is 0. The van der Waals surface area contributed by atoms with Gasteiger partial charge in [0.1, 0.15) is 11.6 Å². The Hall–Kier alpha value is -1.62. The van der Waals surface area contributed by atoms with Crippen LogP contribution in [0, 0.1) is 6.92 Å². The number of ether oxygens (including phenoxy) is 1. The van der Waals surface area contributed by atoms with E-state index in [2.05, 4.69) is 21.9 Å². The quantitative estimate of drug-likeness (QED) is 0.536. The molecule has 0 atom stereocenters. The van der Waals surface area contributed by atoms with Crippen molar-refractivity contribution in [3.8, 4) is 0 Å². The second-order valence-electron chi connectivity index (χ2n) is 3.33. The van der Waals surface area contributed by atoms with Crippen LogP contribution in [0.2, 0.25) is 0 Å². The molecular formula is C11H17N3O2. The fourth-order valence-electron chi connectivity index (χ4n) is 1.19. The minimum atomic E-state index is -0.150. The van der Waals surface area contributed by atoms with Crippen molar-refractivity contribution in [2.75, 3.05) is 25.1 Å². The number of aromatic nitrogens is 2. The van der Waals surface area contributed by atoms with E-state index in [1.54, 1.807) is 6.92 Å². The fraction of sp³-hybridized carbons (Fsp3) is 0.455. The highest BCUT2D eigenvalue weighted by molar-refractivity contribution is 5.32. The van der Waals surface area contributed by atoms with Crippen LogP contribution in [0.5, 0.6) is 0 Å². The van der Waals surface area contributed by atoms with Crippen molar-refractivity contribution in [1.29, 1.82) is 0 Å². The number of rotatable bonds is 7. The van der Waals surface area contributed by atoms with E-state index in [-0.39, 0.29) is 5.56 Å². The predicted octanol–water partition coefficient (Wildman–Crippen LogP) is 1.08. The monoisotopic (exact) mass is 223 g/mol. The zero-order valence-corrected chi connectivity index (χ0v) is 9.45. The highest BCUT2D eigenvalue weighted by Gasteiger charge is 1.96. The van der Waals surface area contributed by atoms with Crippen LogP contribution in [-0.2, 0) is 4.74 Å². The first kappa shape index (κ1) is 12.4. The van der Waals surface area contributed by atoms with Gasteiger partial charge < -0.3 is 15.0 Å². The summed E-state index contributed by atoms with van der Waals surface area (Å²) in [6, 6.07) is 1.43. The number of nitrogens with zero attached hydrogens (tertiary/aromatic N) is 1. The van der Waals surface area contributed by atoms with Crippen molar-refractivity contribution < 1.29 is 4.74 Å². The van der Waals surface area contributed by atoms with E-state index in [1.807, 2.05) is 6.08 Å². The molecule has 0 aliphatic carbocycles. The van der Waals surface area contributed by atoms with E-state index in [4.69, 9.17) is 4.74 Å². The van der Waals surface area contributed by atoms with E-state index in [9.17, 15) is 4.79 Å². The minimum Gasteiger partial charge on any atom is -0.379 e. The van der Waals surface area contributed by atoms with Gasteiger partial charge in [0.2, 0.25) is 0 Å². The lowest BCUT2D eigenvalue weighted by Crippen LogP contribution is -2.15. The number of aryl methyl sites for hydroxylation is 1. The summed E-state index contributed by atoms with van der Waals surface area (Å²) < 4.78 is 5.31. The van der Waals surface area contributed by atoms with Crippen LogP contribution >= 0.6 is 0 Å². The SMILES string of the molecule is C=CCCOCCNc1cc(=O)[nH]c(C)n1. The van der Waals surface area contributed by atoms with Gasteiger partial charge in [-0.2, -0.15) is 0 Å². The summed E-state index contributed by atoms with van der Waals surface area (Å²) in [5.74, 6) is 1.18. The molecule has 1 aromatic rings. The van der Waals surface area contributed by atoms with Crippen LogP contribution in [0.25, 0.3) is 0 Å². The molecular weight excluding hydrogens is 206 g/mol. The van der Waals surface area contributed by atoms with Crippen molar-refractivity contribution >= 4 is 5.82 Å². The third-order valence-corrected chi connectivity index (χ3v) is 1.88. The van der Waals surface area contributed by atoms with Gasteiger partial charge in [-0.15, -0.1) is 6.58 Å². The predicted molar refractivity (Wildman–Crippen MR) is 63.7 cm³/mol. The molecule has 16 heavy (non-hydrogen) atoms. The molecule has 2 N–H and O–H groups in total. The van der Waals surface area contributed by atoms with Gasteiger partial charge in [0.15, 0.2) is 0 Å². The molecule has 0 unspecified atom stereocenters. The highest BCUT2D eigenvalue weighted by Crippen LogP contribution is 1.96. The second kappa shape index (κ2) is 6.79. The van der Waals surface area contributed by atoms with Crippen molar-refractivity contribution in [1.82, 2.24) is 9.97 Å². The summed E-state index contributed by atoms with van der Waals surface area (Å²) in [6.07, 6.45) is 2.66.